The van der Waals surface area contributed by atoms with Crippen molar-refractivity contribution in [2.45, 2.75) is 46.1 Å². The van der Waals surface area contributed by atoms with Crippen LogP contribution in [-0.4, -0.2) is 30.2 Å². The minimum Gasteiger partial charge on any atom is -0.325 e. The topological polar surface area (TPSA) is 108 Å². The summed E-state index contributed by atoms with van der Waals surface area (Å²) in [5.41, 5.74) is -0.0928. The summed E-state index contributed by atoms with van der Waals surface area (Å²) < 4.78 is 19.0. The van der Waals surface area contributed by atoms with Gasteiger partial charge in [0.25, 0.3) is 5.56 Å². The van der Waals surface area contributed by atoms with E-state index >= 15 is 0 Å². The fraction of sp³-hybridized carbons (Fsp3) is 0.667. The van der Waals surface area contributed by atoms with Gasteiger partial charge in [0.1, 0.15) is 6.61 Å². The molecule has 0 aliphatic rings. The molecule has 0 fully saturated rings. The average Bonchev–Trinajstić information content (AvgIpc) is 3.01. The first-order valence-electron chi connectivity index (χ1n) is 8.24. The molecule has 9 nitrogen and oxygen atoms in total. The van der Waals surface area contributed by atoms with Gasteiger partial charge in [-0.3, -0.25) is 13.9 Å². The van der Waals surface area contributed by atoms with Gasteiger partial charge in [-0.15, -0.1) is 9.42 Å². The smallest absolute Gasteiger partial charge is 0.325 e. The van der Waals surface area contributed by atoms with E-state index in [1.54, 1.807) is 11.6 Å². The monoisotopic (exact) mass is 373 g/mol. The molecule has 0 saturated carbocycles. The number of fused-ring (bicyclic) bond motifs is 1. The fourth-order valence-electron chi connectivity index (χ4n) is 2.09. The maximum atomic E-state index is 12.2. The Morgan fingerprint density at radius 2 is 1.80 bits per heavy atom. The van der Waals surface area contributed by atoms with Gasteiger partial charge in [0.15, 0.2) is 11.2 Å². The zero-order valence-electron chi connectivity index (χ0n) is 15.1. The van der Waals surface area contributed by atoms with Crippen molar-refractivity contribution in [1.82, 2.24) is 18.7 Å². The second-order valence-corrected chi connectivity index (χ2v) is 6.33. The van der Waals surface area contributed by atoms with E-state index in [0.717, 1.165) is 4.57 Å². The molecule has 2 rings (SSSR count). The number of hydrogen-bond acceptors (Lipinski definition) is 5. The number of aromatic nitrogens is 4. The molecule has 10 heteroatoms. The molecule has 0 aromatic carbocycles. The van der Waals surface area contributed by atoms with E-state index in [1.165, 1.54) is 30.8 Å². The molecule has 140 valence electrons. The number of imidazole rings is 1. The number of aryl methyl sites for hydroxylation is 2. The summed E-state index contributed by atoms with van der Waals surface area (Å²) in [4.78, 5) is 36.5. The summed E-state index contributed by atoms with van der Waals surface area (Å²) in [6.07, 6.45) is 5.38. The molecule has 25 heavy (non-hydrogen) atoms. The quantitative estimate of drug-likeness (QED) is 0.584. The Morgan fingerprint density at radius 3 is 2.36 bits per heavy atom. The Morgan fingerprint density at radius 1 is 1.16 bits per heavy atom. The van der Waals surface area contributed by atoms with Gasteiger partial charge in [-0.05, 0) is 12.8 Å². The largest absolute Gasteiger partial charge is 0.694 e. The highest BCUT2D eigenvalue weighted by Gasteiger charge is 2.14. The Bertz CT molecular complexity index is 822. The van der Waals surface area contributed by atoms with Gasteiger partial charge in [-0.1, -0.05) is 26.7 Å². The van der Waals surface area contributed by atoms with E-state index in [-0.39, 0.29) is 12.2 Å². The average molecular weight is 373 g/mol. The molecule has 2 aromatic rings. The van der Waals surface area contributed by atoms with E-state index in [2.05, 4.69) is 23.4 Å². The van der Waals surface area contributed by atoms with Crippen LogP contribution in [0.5, 0.6) is 0 Å². The number of unbranched alkanes of at least 4 members (excludes halogenated alkanes) is 2. The van der Waals surface area contributed by atoms with Crippen molar-refractivity contribution < 1.29 is 14.0 Å². The van der Waals surface area contributed by atoms with Crippen molar-refractivity contribution in [2.75, 3.05) is 6.61 Å². The molecule has 0 saturated heterocycles. The van der Waals surface area contributed by atoms with Crippen LogP contribution in [-0.2, 0) is 29.7 Å². The summed E-state index contributed by atoms with van der Waals surface area (Å²) >= 11 is 0. The van der Waals surface area contributed by atoms with Gasteiger partial charge in [0, 0.05) is 25.2 Å². The lowest BCUT2D eigenvalue weighted by atomic mass is 10.3. The summed E-state index contributed by atoms with van der Waals surface area (Å²) in [7, 11) is 0.418. The summed E-state index contributed by atoms with van der Waals surface area (Å²) in [5.74, 6) is 0. The van der Waals surface area contributed by atoms with Crippen LogP contribution in [0.4, 0.5) is 0 Å². The van der Waals surface area contributed by atoms with Gasteiger partial charge in [-0.2, -0.15) is 0 Å². The van der Waals surface area contributed by atoms with Crippen LogP contribution >= 0.6 is 8.25 Å². The van der Waals surface area contributed by atoms with Crippen LogP contribution in [0.15, 0.2) is 15.9 Å². The molecule has 1 unspecified atom stereocenters. The zero-order chi connectivity index (χ0) is 19.0. The first kappa shape index (κ1) is 21.2. The van der Waals surface area contributed by atoms with E-state index in [1.807, 2.05) is 0 Å². The zero-order valence-corrected chi connectivity index (χ0v) is 16.0. The van der Waals surface area contributed by atoms with E-state index < -0.39 is 13.9 Å². The van der Waals surface area contributed by atoms with Crippen LogP contribution in [0.2, 0.25) is 0 Å². The number of nitrogens with zero attached hydrogens (tertiary/aromatic N) is 4. The predicted molar refractivity (Wildman–Crippen MR) is 95.8 cm³/mol. The number of rotatable bonds is 7. The van der Waals surface area contributed by atoms with Crippen molar-refractivity contribution in [3.8, 4) is 0 Å². The van der Waals surface area contributed by atoms with Crippen molar-refractivity contribution in [1.29, 1.82) is 0 Å². The lowest BCUT2D eigenvalue weighted by Gasteiger charge is -2.06. The van der Waals surface area contributed by atoms with Gasteiger partial charge >= 0.3 is 13.9 Å². The molecule has 0 radical (unpaired) electrons. The molecule has 1 atom stereocenters. The van der Waals surface area contributed by atoms with Gasteiger partial charge in [-0.25, -0.2) is 9.78 Å². The highest BCUT2D eigenvalue weighted by molar-refractivity contribution is 7.32. The third-order valence-electron chi connectivity index (χ3n) is 3.71. The molecule has 0 amide bonds. The van der Waals surface area contributed by atoms with Gasteiger partial charge in [0.2, 0.25) is 0 Å². The first-order valence-corrected chi connectivity index (χ1v) is 9.38. The highest BCUT2D eigenvalue weighted by Crippen LogP contribution is 2.15. The molecular weight excluding hydrogens is 347 g/mol. The number of hydrogen-bond donors (Lipinski definition) is 1. The summed E-state index contributed by atoms with van der Waals surface area (Å²) in [6.45, 7) is 5.05. The van der Waals surface area contributed by atoms with Crippen molar-refractivity contribution >= 4 is 19.4 Å². The molecule has 1 N–H and O–H groups in total. The van der Waals surface area contributed by atoms with E-state index in [0.29, 0.717) is 30.6 Å². The van der Waals surface area contributed by atoms with Crippen LogP contribution in [0, 0.1) is 0 Å². The van der Waals surface area contributed by atoms with Crippen molar-refractivity contribution in [2.24, 2.45) is 14.1 Å². The summed E-state index contributed by atoms with van der Waals surface area (Å²) in [6, 6.07) is 0. The SMILES string of the molecule is CCCC.Cn1c(=O)c2c(ncn2CCCCO[P+](=O)O)n(C)c1=O. The molecule has 0 spiro atoms. The fourth-order valence-corrected chi connectivity index (χ4v) is 2.38. The normalized spacial score (nSPS) is 11.3. The Kier molecular flexibility index (Phi) is 8.68. The standard InChI is InChI=1S/C11H15N4O5P.C4H10/c1-13-9-8(10(16)14(2)11(13)17)15(7-12-9)5-3-4-6-20-21(18)19;1-3-4-2/h7H,3-6H2,1-2H3;3-4H2,1-2H3/p+1. The Hall–Kier alpha value is -1.83. The molecule has 0 bridgehead atoms. The second-order valence-electron chi connectivity index (χ2n) is 5.59. The van der Waals surface area contributed by atoms with Crippen LogP contribution in [0.25, 0.3) is 11.2 Å². The van der Waals surface area contributed by atoms with Gasteiger partial charge < -0.3 is 4.57 Å². The Balaban J connectivity index is 0.000000705. The lowest BCUT2D eigenvalue weighted by molar-refractivity contribution is 0.273. The molecule has 0 aliphatic heterocycles. The molecule has 2 aromatic heterocycles. The van der Waals surface area contributed by atoms with E-state index in [4.69, 9.17) is 4.89 Å². The first-order chi connectivity index (χ1) is 11.8. The van der Waals surface area contributed by atoms with Crippen LogP contribution in [0.3, 0.4) is 0 Å². The second kappa shape index (κ2) is 10.2. The highest BCUT2D eigenvalue weighted by atomic mass is 31.1. The predicted octanol–water partition coefficient (Wildman–Crippen LogP) is 1.69. The van der Waals surface area contributed by atoms with Crippen LogP contribution < -0.4 is 11.2 Å². The summed E-state index contributed by atoms with van der Waals surface area (Å²) in [5, 5.41) is 0. The minimum atomic E-state index is -2.57. The van der Waals surface area contributed by atoms with E-state index in [9.17, 15) is 14.2 Å². The lowest BCUT2D eigenvalue weighted by Crippen LogP contribution is -2.37. The van der Waals surface area contributed by atoms with Crippen LogP contribution in [0.1, 0.15) is 39.5 Å². The third kappa shape index (κ3) is 5.59. The van der Waals surface area contributed by atoms with Crippen molar-refractivity contribution in [3.05, 3.63) is 27.2 Å². The Labute approximate surface area is 146 Å². The minimum absolute atomic E-state index is 0.175. The molecule has 2 heterocycles. The molecule has 0 aliphatic carbocycles. The molecular formula is C15H26N4O5P+. The van der Waals surface area contributed by atoms with Crippen molar-refractivity contribution in [3.63, 3.8) is 0 Å². The maximum absolute atomic E-state index is 12.2. The third-order valence-corrected chi connectivity index (χ3v) is 4.12. The maximum Gasteiger partial charge on any atom is 0.694 e. The van der Waals surface area contributed by atoms with Gasteiger partial charge in [0.05, 0.1) is 6.33 Å².